The van der Waals surface area contributed by atoms with Crippen LogP contribution in [0.3, 0.4) is 0 Å². The normalized spacial score (nSPS) is 12.2. The highest BCUT2D eigenvalue weighted by Crippen LogP contribution is 2.23. The van der Waals surface area contributed by atoms with Gasteiger partial charge in [0.15, 0.2) is 0 Å². The second-order valence-corrected chi connectivity index (χ2v) is 4.13. The molecule has 0 aliphatic carbocycles. The molecule has 94 valence electrons. The summed E-state index contributed by atoms with van der Waals surface area (Å²) >= 11 is 0. The van der Waals surface area contributed by atoms with E-state index >= 15 is 0 Å². The summed E-state index contributed by atoms with van der Waals surface area (Å²) in [5.41, 5.74) is 2.73. The summed E-state index contributed by atoms with van der Waals surface area (Å²) in [5.74, 6) is 0.812. The number of aliphatic hydroxyl groups is 1. The number of methoxy groups -OCH3 is 1. The molecule has 1 aromatic heterocycles. The van der Waals surface area contributed by atoms with Crippen LogP contribution in [0.2, 0.25) is 0 Å². The quantitative estimate of drug-likeness (QED) is 0.896. The first-order valence-corrected chi connectivity index (χ1v) is 6.03. The molecule has 18 heavy (non-hydrogen) atoms. The van der Waals surface area contributed by atoms with E-state index in [0.29, 0.717) is 6.42 Å². The van der Waals surface area contributed by atoms with E-state index in [0.717, 1.165) is 22.6 Å². The second-order valence-electron chi connectivity index (χ2n) is 4.13. The van der Waals surface area contributed by atoms with Crippen LogP contribution >= 0.6 is 0 Å². The Balaban J connectivity index is 2.28. The molecule has 0 aliphatic rings. The lowest BCUT2D eigenvalue weighted by atomic mass is 10.1. The van der Waals surface area contributed by atoms with E-state index in [1.807, 2.05) is 43.3 Å². The highest BCUT2D eigenvalue weighted by molar-refractivity contribution is 5.61. The van der Waals surface area contributed by atoms with Crippen LogP contribution in [-0.2, 0) is 0 Å². The molecule has 1 atom stereocenters. The zero-order valence-corrected chi connectivity index (χ0v) is 10.6. The fraction of sp³-hybridized carbons (Fsp3) is 0.267. The Morgan fingerprint density at radius 1 is 1.28 bits per heavy atom. The van der Waals surface area contributed by atoms with Gasteiger partial charge in [-0.15, -0.1) is 0 Å². The number of nitrogens with zero attached hydrogens (tertiary/aromatic N) is 1. The van der Waals surface area contributed by atoms with Crippen molar-refractivity contribution in [1.29, 1.82) is 0 Å². The van der Waals surface area contributed by atoms with Crippen molar-refractivity contribution in [2.45, 2.75) is 19.4 Å². The van der Waals surface area contributed by atoms with Crippen LogP contribution in [0.25, 0.3) is 11.3 Å². The monoisotopic (exact) mass is 243 g/mol. The lowest BCUT2D eigenvalue weighted by Gasteiger charge is -2.09. The van der Waals surface area contributed by atoms with Crippen molar-refractivity contribution in [2.24, 2.45) is 0 Å². The van der Waals surface area contributed by atoms with Crippen molar-refractivity contribution in [3.63, 3.8) is 0 Å². The van der Waals surface area contributed by atoms with E-state index in [9.17, 15) is 5.11 Å². The smallest absolute Gasteiger partial charge is 0.119 e. The predicted molar refractivity (Wildman–Crippen MR) is 71.5 cm³/mol. The molecule has 1 heterocycles. The van der Waals surface area contributed by atoms with Gasteiger partial charge >= 0.3 is 0 Å². The van der Waals surface area contributed by atoms with Crippen LogP contribution < -0.4 is 4.74 Å². The second kappa shape index (κ2) is 5.65. The summed E-state index contributed by atoms with van der Waals surface area (Å²) in [4.78, 5) is 4.38. The third-order valence-corrected chi connectivity index (χ3v) is 2.92. The number of hydrogen-bond donors (Lipinski definition) is 1. The molecule has 3 nitrogen and oxygen atoms in total. The van der Waals surface area contributed by atoms with E-state index in [1.54, 1.807) is 13.3 Å². The van der Waals surface area contributed by atoms with E-state index in [4.69, 9.17) is 4.74 Å². The number of hydrogen-bond acceptors (Lipinski definition) is 3. The molecule has 0 amide bonds. The van der Waals surface area contributed by atoms with Crippen molar-refractivity contribution >= 4 is 0 Å². The fourth-order valence-electron chi connectivity index (χ4n) is 1.79. The van der Waals surface area contributed by atoms with Gasteiger partial charge in [-0.1, -0.05) is 25.1 Å². The standard InChI is InChI=1S/C15H17NO2/c1-3-15(17)12-7-8-14(16-10-12)11-5-4-6-13(9-11)18-2/h4-10,15,17H,3H2,1-2H3/t15-/m1/s1. The third kappa shape index (κ3) is 2.68. The summed E-state index contributed by atoms with van der Waals surface area (Å²) in [5, 5.41) is 9.71. The summed E-state index contributed by atoms with van der Waals surface area (Å²) in [6, 6.07) is 11.6. The van der Waals surface area contributed by atoms with Gasteiger partial charge in [0.1, 0.15) is 5.75 Å². The number of aromatic nitrogens is 1. The van der Waals surface area contributed by atoms with Crippen molar-refractivity contribution in [1.82, 2.24) is 4.98 Å². The Morgan fingerprint density at radius 2 is 2.11 bits per heavy atom. The third-order valence-electron chi connectivity index (χ3n) is 2.92. The average Bonchev–Trinajstić information content (AvgIpc) is 2.46. The zero-order valence-electron chi connectivity index (χ0n) is 10.6. The molecular weight excluding hydrogens is 226 g/mol. The van der Waals surface area contributed by atoms with Crippen LogP contribution in [0.4, 0.5) is 0 Å². The maximum Gasteiger partial charge on any atom is 0.119 e. The SMILES string of the molecule is CC[C@@H](O)c1ccc(-c2cccc(OC)c2)nc1. The first kappa shape index (κ1) is 12.6. The minimum Gasteiger partial charge on any atom is -0.497 e. The molecule has 3 heteroatoms. The number of ether oxygens (including phenoxy) is 1. The maximum absolute atomic E-state index is 9.71. The van der Waals surface area contributed by atoms with Crippen molar-refractivity contribution in [3.05, 3.63) is 48.2 Å². The van der Waals surface area contributed by atoms with Crippen LogP contribution in [0.5, 0.6) is 5.75 Å². The molecular formula is C15H17NO2. The van der Waals surface area contributed by atoms with Crippen LogP contribution in [0, 0.1) is 0 Å². The largest absolute Gasteiger partial charge is 0.497 e. The van der Waals surface area contributed by atoms with Gasteiger partial charge in [0.25, 0.3) is 0 Å². The van der Waals surface area contributed by atoms with E-state index < -0.39 is 6.10 Å². The summed E-state index contributed by atoms with van der Waals surface area (Å²) in [7, 11) is 1.65. The van der Waals surface area contributed by atoms with Crippen LogP contribution in [0.1, 0.15) is 25.0 Å². The highest BCUT2D eigenvalue weighted by Gasteiger charge is 2.06. The molecule has 0 bridgehead atoms. The highest BCUT2D eigenvalue weighted by atomic mass is 16.5. The topological polar surface area (TPSA) is 42.4 Å². The summed E-state index contributed by atoms with van der Waals surface area (Å²) in [6.07, 6.45) is 1.99. The number of pyridine rings is 1. The van der Waals surface area contributed by atoms with Gasteiger partial charge in [-0.05, 0) is 30.2 Å². The predicted octanol–water partition coefficient (Wildman–Crippen LogP) is 3.20. The molecule has 2 rings (SSSR count). The number of benzene rings is 1. The van der Waals surface area contributed by atoms with Gasteiger partial charge in [0, 0.05) is 11.8 Å². The molecule has 0 radical (unpaired) electrons. The zero-order chi connectivity index (χ0) is 13.0. The molecule has 0 saturated carbocycles. The van der Waals surface area contributed by atoms with Crippen LogP contribution in [0.15, 0.2) is 42.6 Å². The lowest BCUT2D eigenvalue weighted by molar-refractivity contribution is 0.173. The van der Waals surface area contributed by atoms with Gasteiger partial charge < -0.3 is 9.84 Å². The van der Waals surface area contributed by atoms with Crippen molar-refractivity contribution < 1.29 is 9.84 Å². The number of rotatable bonds is 4. The summed E-state index contributed by atoms with van der Waals surface area (Å²) in [6.45, 7) is 1.95. The lowest BCUT2D eigenvalue weighted by Crippen LogP contribution is -1.96. The fourth-order valence-corrected chi connectivity index (χ4v) is 1.79. The maximum atomic E-state index is 9.71. The Bertz CT molecular complexity index is 508. The molecule has 0 unspecified atom stereocenters. The molecule has 0 aliphatic heterocycles. The molecule has 0 fully saturated rings. The first-order valence-electron chi connectivity index (χ1n) is 6.03. The molecule has 1 N–H and O–H groups in total. The Labute approximate surface area is 107 Å². The van der Waals surface area contributed by atoms with E-state index in [-0.39, 0.29) is 0 Å². The van der Waals surface area contributed by atoms with Crippen molar-refractivity contribution in [3.8, 4) is 17.0 Å². The summed E-state index contributed by atoms with van der Waals surface area (Å²) < 4.78 is 5.19. The first-order chi connectivity index (χ1) is 8.74. The Morgan fingerprint density at radius 3 is 2.72 bits per heavy atom. The number of aliphatic hydroxyl groups excluding tert-OH is 1. The van der Waals surface area contributed by atoms with Crippen molar-refractivity contribution in [2.75, 3.05) is 7.11 Å². The van der Waals surface area contributed by atoms with E-state index in [1.165, 1.54) is 0 Å². The van der Waals surface area contributed by atoms with Gasteiger partial charge in [-0.2, -0.15) is 0 Å². The molecule has 1 aromatic carbocycles. The van der Waals surface area contributed by atoms with Gasteiger partial charge in [-0.3, -0.25) is 4.98 Å². The molecule has 0 saturated heterocycles. The Hall–Kier alpha value is -1.87. The Kier molecular flexibility index (Phi) is 3.95. The van der Waals surface area contributed by atoms with Gasteiger partial charge in [-0.25, -0.2) is 0 Å². The van der Waals surface area contributed by atoms with Gasteiger partial charge in [0.2, 0.25) is 0 Å². The molecule has 0 spiro atoms. The minimum absolute atomic E-state index is 0.433. The molecule has 2 aromatic rings. The van der Waals surface area contributed by atoms with E-state index in [2.05, 4.69) is 4.98 Å². The van der Waals surface area contributed by atoms with Crippen LogP contribution in [-0.4, -0.2) is 17.2 Å². The van der Waals surface area contributed by atoms with Gasteiger partial charge in [0.05, 0.1) is 18.9 Å². The minimum atomic E-state index is -0.433. The average molecular weight is 243 g/mol.